The molecule has 0 atom stereocenters. The Morgan fingerprint density at radius 2 is 1.81 bits per heavy atom. The number of hydrogen-bond donors (Lipinski definition) is 3. The number of carboxylic acid groups (broad SMARTS) is 1. The zero-order valence-electron chi connectivity index (χ0n) is 13.5. The minimum absolute atomic E-state index is 0.223. The molecule has 1 rings (SSSR count). The summed E-state index contributed by atoms with van der Waals surface area (Å²) in [5.74, 6) is -1.22. The Labute approximate surface area is 125 Å². The van der Waals surface area contributed by atoms with Gasteiger partial charge in [0.25, 0.3) is 0 Å². The Morgan fingerprint density at radius 3 is 2.29 bits per heavy atom. The average Bonchev–Trinajstić information content (AvgIpc) is 2.31. The summed E-state index contributed by atoms with van der Waals surface area (Å²) < 4.78 is 0. The number of carbonyl (C=O) groups excluding carboxylic acids is 2. The van der Waals surface area contributed by atoms with E-state index in [0.29, 0.717) is 13.1 Å². The molecule has 0 spiro atoms. The second-order valence-electron chi connectivity index (χ2n) is 6.95. The van der Waals surface area contributed by atoms with Crippen LogP contribution in [0.25, 0.3) is 0 Å². The molecule has 0 aromatic heterocycles. The minimum atomic E-state index is -1.15. The number of carboxylic acids is 1. The first-order valence-corrected chi connectivity index (χ1v) is 6.95. The lowest BCUT2D eigenvalue weighted by Crippen LogP contribution is -2.68. The van der Waals surface area contributed by atoms with Crippen molar-refractivity contribution in [1.29, 1.82) is 0 Å². The topological polar surface area (TPSA) is 98.7 Å². The lowest BCUT2D eigenvalue weighted by molar-refractivity contribution is -0.151. The minimum Gasteiger partial charge on any atom is -0.481 e. The van der Waals surface area contributed by atoms with E-state index in [1.54, 1.807) is 41.5 Å². The number of aliphatic carboxylic acids is 1. The summed E-state index contributed by atoms with van der Waals surface area (Å²) in [6, 6.07) is -0.436. The predicted molar refractivity (Wildman–Crippen MR) is 77.8 cm³/mol. The van der Waals surface area contributed by atoms with Gasteiger partial charge in [0.1, 0.15) is 5.54 Å². The van der Waals surface area contributed by atoms with E-state index in [1.807, 2.05) is 0 Å². The fraction of sp³-hybridized carbons (Fsp3) is 0.786. The number of carbonyl (C=O) groups is 3. The SMILES string of the molecule is CC1(C)C(=O)NCCN1C(=O)NC(C)(C)C(C)(C)C(=O)O. The largest absolute Gasteiger partial charge is 0.481 e. The second-order valence-corrected chi connectivity index (χ2v) is 6.95. The van der Waals surface area contributed by atoms with Crippen LogP contribution in [0, 0.1) is 5.41 Å². The summed E-state index contributed by atoms with van der Waals surface area (Å²) in [6.45, 7) is 10.5. The van der Waals surface area contributed by atoms with E-state index in [0.717, 1.165) is 0 Å². The van der Waals surface area contributed by atoms with Gasteiger partial charge < -0.3 is 20.6 Å². The van der Waals surface area contributed by atoms with Crippen molar-refractivity contribution in [2.24, 2.45) is 5.41 Å². The maximum atomic E-state index is 12.5. The van der Waals surface area contributed by atoms with Gasteiger partial charge in [-0.15, -0.1) is 0 Å². The van der Waals surface area contributed by atoms with Crippen LogP contribution in [0.4, 0.5) is 4.79 Å². The maximum Gasteiger partial charge on any atom is 0.318 e. The number of hydrogen-bond acceptors (Lipinski definition) is 3. The Morgan fingerprint density at radius 1 is 1.29 bits per heavy atom. The molecule has 0 saturated carbocycles. The lowest BCUT2D eigenvalue weighted by Gasteiger charge is -2.45. The number of piperazine rings is 1. The highest BCUT2D eigenvalue weighted by Crippen LogP contribution is 2.31. The molecule has 1 aliphatic heterocycles. The van der Waals surface area contributed by atoms with Crippen molar-refractivity contribution in [2.75, 3.05) is 13.1 Å². The fourth-order valence-electron chi connectivity index (χ4n) is 2.01. The van der Waals surface area contributed by atoms with Gasteiger partial charge in [-0.1, -0.05) is 0 Å². The monoisotopic (exact) mass is 299 g/mol. The molecule has 0 bridgehead atoms. The molecule has 120 valence electrons. The van der Waals surface area contributed by atoms with Crippen LogP contribution in [-0.2, 0) is 9.59 Å². The molecule has 1 fully saturated rings. The van der Waals surface area contributed by atoms with Crippen LogP contribution in [0.15, 0.2) is 0 Å². The third kappa shape index (κ3) is 2.96. The molecule has 7 nitrogen and oxygen atoms in total. The molecule has 3 N–H and O–H groups in total. The maximum absolute atomic E-state index is 12.5. The zero-order valence-corrected chi connectivity index (χ0v) is 13.5. The van der Waals surface area contributed by atoms with Crippen molar-refractivity contribution in [2.45, 2.75) is 52.6 Å². The number of urea groups is 1. The van der Waals surface area contributed by atoms with Crippen molar-refractivity contribution < 1.29 is 19.5 Å². The van der Waals surface area contributed by atoms with Gasteiger partial charge in [-0.2, -0.15) is 0 Å². The van der Waals surface area contributed by atoms with E-state index in [9.17, 15) is 19.5 Å². The molecular formula is C14H25N3O4. The van der Waals surface area contributed by atoms with Crippen LogP contribution in [0.1, 0.15) is 41.5 Å². The van der Waals surface area contributed by atoms with Gasteiger partial charge in [-0.05, 0) is 41.5 Å². The molecule has 1 heterocycles. The van der Waals surface area contributed by atoms with E-state index in [4.69, 9.17) is 0 Å². The quantitative estimate of drug-likeness (QED) is 0.717. The molecule has 0 unspecified atom stereocenters. The second kappa shape index (κ2) is 5.20. The molecule has 0 aromatic carbocycles. The third-order valence-corrected chi connectivity index (χ3v) is 4.61. The van der Waals surface area contributed by atoms with Crippen molar-refractivity contribution in [3.8, 4) is 0 Å². The Kier molecular flexibility index (Phi) is 4.27. The van der Waals surface area contributed by atoms with E-state index < -0.39 is 28.5 Å². The van der Waals surface area contributed by atoms with E-state index in [-0.39, 0.29) is 5.91 Å². The summed E-state index contributed by atoms with van der Waals surface area (Å²) in [7, 11) is 0. The van der Waals surface area contributed by atoms with Crippen molar-refractivity contribution >= 4 is 17.9 Å². The van der Waals surface area contributed by atoms with Crippen molar-refractivity contribution in [3.63, 3.8) is 0 Å². The summed E-state index contributed by atoms with van der Waals surface area (Å²) in [4.78, 5) is 37.2. The highest BCUT2D eigenvalue weighted by Gasteiger charge is 2.47. The van der Waals surface area contributed by atoms with Gasteiger partial charge in [0.05, 0.1) is 11.0 Å². The average molecular weight is 299 g/mol. The van der Waals surface area contributed by atoms with E-state index in [1.165, 1.54) is 4.90 Å². The highest BCUT2D eigenvalue weighted by molar-refractivity contribution is 5.91. The first-order chi connectivity index (χ1) is 9.34. The molecule has 3 amide bonds. The summed E-state index contributed by atoms with van der Waals surface area (Å²) >= 11 is 0. The van der Waals surface area contributed by atoms with Crippen LogP contribution in [0.5, 0.6) is 0 Å². The molecule has 7 heteroatoms. The summed E-state index contributed by atoms with van der Waals surface area (Å²) in [5, 5.41) is 14.8. The van der Waals surface area contributed by atoms with Crippen LogP contribution >= 0.6 is 0 Å². The fourth-order valence-corrected chi connectivity index (χ4v) is 2.01. The number of rotatable bonds is 3. The Balaban J connectivity index is 2.95. The predicted octanol–water partition coefficient (Wildman–Crippen LogP) is 0.796. The lowest BCUT2D eigenvalue weighted by atomic mass is 9.74. The molecule has 0 radical (unpaired) electrons. The van der Waals surface area contributed by atoms with E-state index >= 15 is 0 Å². The van der Waals surface area contributed by atoms with Crippen LogP contribution in [0.3, 0.4) is 0 Å². The van der Waals surface area contributed by atoms with Gasteiger partial charge >= 0.3 is 12.0 Å². The molecule has 0 aliphatic carbocycles. The molecular weight excluding hydrogens is 274 g/mol. The Hall–Kier alpha value is -1.79. The van der Waals surface area contributed by atoms with E-state index in [2.05, 4.69) is 10.6 Å². The first kappa shape index (κ1) is 17.3. The number of nitrogens with one attached hydrogen (secondary N) is 2. The number of nitrogens with zero attached hydrogens (tertiary/aromatic N) is 1. The molecule has 21 heavy (non-hydrogen) atoms. The molecule has 0 aromatic rings. The smallest absolute Gasteiger partial charge is 0.318 e. The van der Waals surface area contributed by atoms with Crippen molar-refractivity contribution in [3.05, 3.63) is 0 Å². The molecule has 1 aliphatic rings. The summed E-state index contributed by atoms with van der Waals surface area (Å²) in [5.41, 5.74) is -3.09. The Bertz CT molecular complexity index is 469. The third-order valence-electron chi connectivity index (χ3n) is 4.61. The zero-order chi connectivity index (χ0) is 16.6. The standard InChI is InChI=1S/C14H25N3O4/c1-12(2,10(19)20)14(5,6)16-11(21)17-8-7-15-9(18)13(17,3)4/h7-8H2,1-6H3,(H,15,18)(H,16,21)(H,19,20). The van der Waals surface area contributed by atoms with Gasteiger partial charge in [-0.25, -0.2) is 4.79 Å². The van der Waals surface area contributed by atoms with Gasteiger partial charge in [0, 0.05) is 13.1 Å². The van der Waals surface area contributed by atoms with Crippen molar-refractivity contribution in [1.82, 2.24) is 15.5 Å². The molecule has 1 saturated heterocycles. The van der Waals surface area contributed by atoms with Crippen LogP contribution in [-0.4, -0.2) is 52.1 Å². The van der Waals surface area contributed by atoms with Crippen LogP contribution < -0.4 is 10.6 Å². The number of amides is 3. The van der Waals surface area contributed by atoms with Gasteiger partial charge in [0.15, 0.2) is 0 Å². The normalized spacial score (nSPS) is 19.0. The first-order valence-electron chi connectivity index (χ1n) is 6.95. The van der Waals surface area contributed by atoms with Gasteiger partial charge in [0.2, 0.25) is 5.91 Å². The van der Waals surface area contributed by atoms with Gasteiger partial charge in [-0.3, -0.25) is 9.59 Å². The van der Waals surface area contributed by atoms with Crippen LogP contribution in [0.2, 0.25) is 0 Å². The summed E-state index contributed by atoms with van der Waals surface area (Å²) in [6.07, 6.45) is 0. The highest BCUT2D eigenvalue weighted by atomic mass is 16.4.